The summed E-state index contributed by atoms with van der Waals surface area (Å²) in [6, 6.07) is 14.5. The van der Waals surface area contributed by atoms with E-state index in [2.05, 4.69) is 28.2 Å². The second-order valence-electron chi connectivity index (χ2n) is 7.69. The van der Waals surface area contributed by atoms with Crippen molar-refractivity contribution in [2.75, 3.05) is 18.0 Å². The van der Waals surface area contributed by atoms with Gasteiger partial charge in [-0.1, -0.05) is 47.1 Å². The maximum atomic E-state index is 13.2. The van der Waals surface area contributed by atoms with E-state index in [1.165, 1.54) is 0 Å². The topological polar surface area (TPSA) is 69.7 Å². The van der Waals surface area contributed by atoms with Crippen LogP contribution < -0.4 is 10.2 Å². The van der Waals surface area contributed by atoms with Crippen molar-refractivity contribution in [3.8, 4) is 0 Å². The second-order valence-corrected chi connectivity index (χ2v) is 10.1. The van der Waals surface area contributed by atoms with Crippen LogP contribution in [0.3, 0.4) is 0 Å². The number of para-hydroxylation sites is 1. The van der Waals surface area contributed by atoms with Gasteiger partial charge in [0.25, 0.3) is 5.91 Å². The SMILES string of the molecule is CC1CCN(C(=O)CN2C(=O)NC(C)(c3cccc(Br)c3)C2=O)c2ccccc2S1. The highest BCUT2D eigenvalue weighted by Crippen LogP contribution is 2.37. The summed E-state index contributed by atoms with van der Waals surface area (Å²) in [5, 5.41) is 3.14. The van der Waals surface area contributed by atoms with E-state index in [1.54, 1.807) is 35.7 Å². The van der Waals surface area contributed by atoms with Gasteiger partial charge >= 0.3 is 6.03 Å². The highest BCUT2D eigenvalue weighted by molar-refractivity contribution is 9.10. The lowest BCUT2D eigenvalue weighted by Crippen LogP contribution is -2.45. The van der Waals surface area contributed by atoms with Crippen LogP contribution in [-0.4, -0.2) is 41.1 Å². The molecule has 6 nitrogen and oxygen atoms in total. The molecule has 0 aliphatic carbocycles. The van der Waals surface area contributed by atoms with Gasteiger partial charge in [0.05, 0.1) is 5.69 Å². The van der Waals surface area contributed by atoms with Gasteiger partial charge in [0, 0.05) is 21.2 Å². The summed E-state index contributed by atoms with van der Waals surface area (Å²) in [5.41, 5.74) is 0.288. The van der Waals surface area contributed by atoms with E-state index in [4.69, 9.17) is 0 Å². The molecule has 1 N–H and O–H groups in total. The molecule has 4 rings (SSSR count). The van der Waals surface area contributed by atoms with Gasteiger partial charge in [-0.2, -0.15) is 0 Å². The van der Waals surface area contributed by atoms with Gasteiger partial charge in [-0.3, -0.25) is 14.5 Å². The van der Waals surface area contributed by atoms with Crippen molar-refractivity contribution >= 4 is 51.2 Å². The Morgan fingerprint density at radius 2 is 2.00 bits per heavy atom. The minimum atomic E-state index is -1.21. The van der Waals surface area contributed by atoms with Crippen LogP contribution in [0.5, 0.6) is 0 Å². The van der Waals surface area contributed by atoms with Crippen LogP contribution in [0.15, 0.2) is 57.9 Å². The summed E-state index contributed by atoms with van der Waals surface area (Å²) in [6.07, 6.45) is 0.834. The van der Waals surface area contributed by atoms with Crippen molar-refractivity contribution in [1.82, 2.24) is 10.2 Å². The molecule has 0 saturated carbocycles. The molecule has 2 aliphatic heterocycles. The number of halogens is 1. The summed E-state index contributed by atoms with van der Waals surface area (Å²) < 4.78 is 0.811. The van der Waals surface area contributed by atoms with E-state index < -0.39 is 17.5 Å². The first kappa shape index (κ1) is 20.9. The maximum Gasteiger partial charge on any atom is 0.325 e. The molecule has 1 fully saturated rings. The Labute approximate surface area is 188 Å². The largest absolute Gasteiger partial charge is 0.325 e. The van der Waals surface area contributed by atoms with E-state index in [0.717, 1.165) is 26.4 Å². The van der Waals surface area contributed by atoms with Crippen molar-refractivity contribution in [3.63, 3.8) is 0 Å². The Morgan fingerprint density at radius 1 is 1.23 bits per heavy atom. The monoisotopic (exact) mass is 487 g/mol. The molecule has 156 valence electrons. The number of fused-ring (bicyclic) bond motifs is 1. The fourth-order valence-corrected chi connectivity index (χ4v) is 5.31. The highest BCUT2D eigenvalue weighted by Gasteiger charge is 2.50. The smallest absolute Gasteiger partial charge is 0.319 e. The predicted octanol–water partition coefficient (Wildman–Crippen LogP) is 4.13. The van der Waals surface area contributed by atoms with Crippen LogP contribution in [0.1, 0.15) is 25.8 Å². The van der Waals surface area contributed by atoms with Gasteiger partial charge in [-0.15, -0.1) is 11.8 Å². The molecular weight excluding hydrogens is 466 g/mol. The number of carbonyl (C=O) groups excluding carboxylic acids is 3. The van der Waals surface area contributed by atoms with Crippen LogP contribution >= 0.6 is 27.7 Å². The third kappa shape index (κ3) is 3.74. The molecule has 2 aliphatic rings. The maximum absolute atomic E-state index is 13.2. The molecule has 30 heavy (non-hydrogen) atoms. The zero-order valence-corrected chi connectivity index (χ0v) is 19.1. The van der Waals surface area contributed by atoms with Crippen molar-refractivity contribution in [2.24, 2.45) is 0 Å². The molecule has 2 aromatic rings. The average molecular weight is 488 g/mol. The number of hydrogen-bond acceptors (Lipinski definition) is 4. The normalized spacial score (nSPS) is 23.8. The molecule has 2 aromatic carbocycles. The van der Waals surface area contributed by atoms with Gasteiger partial charge in [0.1, 0.15) is 12.1 Å². The van der Waals surface area contributed by atoms with E-state index in [9.17, 15) is 14.4 Å². The average Bonchev–Trinajstić information content (AvgIpc) is 2.84. The van der Waals surface area contributed by atoms with E-state index in [1.807, 2.05) is 36.4 Å². The number of amides is 4. The quantitative estimate of drug-likeness (QED) is 0.660. The van der Waals surface area contributed by atoms with Crippen LogP contribution in [-0.2, 0) is 15.1 Å². The number of hydrogen-bond donors (Lipinski definition) is 1. The Hall–Kier alpha value is -2.32. The minimum absolute atomic E-state index is 0.265. The molecule has 0 radical (unpaired) electrons. The van der Waals surface area contributed by atoms with Crippen molar-refractivity contribution in [1.29, 1.82) is 0 Å². The fourth-order valence-electron chi connectivity index (χ4n) is 3.80. The standard InChI is InChI=1S/C22H22BrN3O3S/c1-14-10-11-25(17-8-3-4-9-18(17)30-14)19(27)13-26-20(28)22(2,24-21(26)29)15-6-5-7-16(23)12-15/h3-9,12,14H,10-11,13H2,1-2H3,(H,24,29). The number of carbonyl (C=O) groups is 3. The van der Waals surface area contributed by atoms with Crippen molar-refractivity contribution < 1.29 is 14.4 Å². The van der Waals surface area contributed by atoms with E-state index in [-0.39, 0.29) is 12.5 Å². The number of nitrogens with one attached hydrogen (secondary N) is 1. The minimum Gasteiger partial charge on any atom is -0.319 e. The zero-order chi connectivity index (χ0) is 21.5. The Kier molecular flexibility index (Phi) is 5.63. The number of nitrogens with zero attached hydrogens (tertiary/aromatic N) is 2. The third-order valence-corrected chi connectivity index (χ3v) is 7.25. The first-order valence-corrected chi connectivity index (χ1v) is 11.4. The van der Waals surface area contributed by atoms with Crippen LogP contribution in [0.2, 0.25) is 0 Å². The molecule has 1 saturated heterocycles. The molecular formula is C22H22BrN3O3S. The number of anilines is 1. The number of thioether (sulfide) groups is 1. The number of benzene rings is 2. The summed E-state index contributed by atoms with van der Waals surface area (Å²) in [5.74, 6) is -0.691. The summed E-state index contributed by atoms with van der Waals surface area (Å²) in [6.45, 7) is 4.06. The molecule has 2 heterocycles. The Balaban J connectivity index is 1.58. The van der Waals surface area contributed by atoms with Crippen LogP contribution in [0.4, 0.5) is 10.5 Å². The van der Waals surface area contributed by atoms with Gasteiger partial charge in [0.2, 0.25) is 5.91 Å². The highest BCUT2D eigenvalue weighted by atomic mass is 79.9. The summed E-state index contributed by atoms with van der Waals surface area (Å²) in [7, 11) is 0. The lowest BCUT2D eigenvalue weighted by molar-refractivity contribution is -0.134. The lowest BCUT2D eigenvalue weighted by Gasteiger charge is -2.25. The molecule has 2 unspecified atom stereocenters. The molecule has 0 bridgehead atoms. The van der Waals surface area contributed by atoms with Crippen LogP contribution in [0, 0.1) is 0 Å². The molecule has 2 atom stereocenters. The van der Waals surface area contributed by atoms with Crippen LogP contribution in [0.25, 0.3) is 0 Å². The molecule has 0 spiro atoms. The number of imide groups is 1. The fraction of sp³-hybridized carbons (Fsp3) is 0.318. The first-order chi connectivity index (χ1) is 14.3. The van der Waals surface area contributed by atoms with Crippen molar-refractivity contribution in [3.05, 3.63) is 58.6 Å². The zero-order valence-electron chi connectivity index (χ0n) is 16.7. The lowest BCUT2D eigenvalue weighted by atomic mass is 9.92. The molecule has 8 heteroatoms. The third-order valence-electron chi connectivity index (χ3n) is 5.51. The molecule has 4 amide bonds. The molecule has 0 aromatic heterocycles. The van der Waals surface area contributed by atoms with Gasteiger partial charge in [-0.25, -0.2) is 4.79 Å². The Bertz CT molecular complexity index is 1030. The van der Waals surface area contributed by atoms with Gasteiger partial charge in [-0.05, 0) is 43.2 Å². The summed E-state index contributed by atoms with van der Waals surface area (Å²) >= 11 is 5.14. The Morgan fingerprint density at radius 3 is 2.77 bits per heavy atom. The second kappa shape index (κ2) is 8.07. The van der Waals surface area contributed by atoms with E-state index in [0.29, 0.717) is 17.4 Å². The number of urea groups is 1. The number of rotatable bonds is 3. The van der Waals surface area contributed by atoms with Crippen molar-refractivity contribution in [2.45, 2.75) is 36.0 Å². The van der Waals surface area contributed by atoms with Gasteiger partial charge in [0.15, 0.2) is 0 Å². The van der Waals surface area contributed by atoms with E-state index >= 15 is 0 Å². The first-order valence-electron chi connectivity index (χ1n) is 9.76. The summed E-state index contributed by atoms with van der Waals surface area (Å²) in [4.78, 5) is 42.8. The van der Waals surface area contributed by atoms with Gasteiger partial charge < -0.3 is 10.2 Å². The predicted molar refractivity (Wildman–Crippen MR) is 120 cm³/mol.